The van der Waals surface area contributed by atoms with Crippen molar-refractivity contribution in [3.05, 3.63) is 48.0 Å². The fourth-order valence-corrected chi connectivity index (χ4v) is 1.64. The predicted octanol–water partition coefficient (Wildman–Crippen LogP) is 3.10. The molecule has 0 fully saturated rings. The Bertz CT molecular complexity index is 596. The number of methoxy groups -OCH3 is 1. The first-order valence-corrected chi connectivity index (χ1v) is 5.41. The first-order valence-electron chi connectivity index (χ1n) is 5.41. The van der Waals surface area contributed by atoms with E-state index in [1.165, 1.54) is 44.6 Å². The summed E-state index contributed by atoms with van der Waals surface area (Å²) in [4.78, 5) is 15.3. The van der Waals surface area contributed by atoms with Crippen LogP contribution < -0.4 is 4.74 Å². The van der Waals surface area contributed by atoms with E-state index in [0.717, 1.165) is 0 Å². The van der Waals surface area contributed by atoms with Crippen LogP contribution in [0, 0.1) is 5.82 Å². The zero-order valence-electron chi connectivity index (χ0n) is 10.1. The molecule has 0 spiro atoms. The predicted molar refractivity (Wildman–Crippen MR) is 66.2 cm³/mol. The molecule has 0 atom stereocenters. The number of halogens is 1. The summed E-state index contributed by atoms with van der Waals surface area (Å²) in [6.45, 7) is 1.45. The lowest BCUT2D eigenvalue weighted by Crippen LogP contribution is -1.95. The minimum atomic E-state index is -0.393. The molecule has 0 amide bonds. The maximum absolute atomic E-state index is 13.8. The second-order valence-corrected chi connectivity index (χ2v) is 3.86. The SMILES string of the molecule is COc1cncc(-c2cc(C(C)=O)ccc2F)c1. The number of carbonyl (C=O) groups is 1. The summed E-state index contributed by atoms with van der Waals surface area (Å²) >= 11 is 0. The van der Waals surface area contributed by atoms with Gasteiger partial charge in [0.2, 0.25) is 0 Å². The Kier molecular flexibility index (Phi) is 3.37. The molecule has 0 radical (unpaired) electrons. The molecule has 4 heteroatoms. The van der Waals surface area contributed by atoms with Crippen molar-refractivity contribution in [1.82, 2.24) is 4.98 Å². The molecule has 0 aliphatic carbocycles. The highest BCUT2D eigenvalue weighted by atomic mass is 19.1. The first-order chi connectivity index (χ1) is 8.61. The molecule has 0 N–H and O–H groups in total. The second kappa shape index (κ2) is 4.96. The normalized spacial score (nSPS) is 10.2. The molecule has 2 aromatic rings. The van der Waals surface area contributed by atoms with Crippen LogP contribution in [0.1, 0.15) is 17.3 Å². The van der Waals surface area contributed by atoms with E-state index in [-0.39, 0.29) is 5.78 Å². The van der Waals surface area contributed by atoms with Crippen LogP contribution in [0.2, 0.25) is 0 Å². The van der Waals surface area contributed by atoms with Gasteiger partial charge in [0.25, 0.3) is 0 Å². The number of pyridine rings is 1. The quantitative estimate of drug-likeness (QED) is 0.780. The highest BCUT2D eigenvalue weighted by Crippen LogP contribution is 2.26. The molecule has 92 valence electrons. The lowest BCUT2D eigenvalue weighted by Gasteiger charge is -2.06. The van der Waals surface area contributed by atoms with Gasteiger partial charge in [-0.05, 0) is 31.2 Å². The number of hydrogen-bond donors (Lipinski definition) is 0. The van der Waals surface area contributed by atoms with Crippen molar-refractivity contribution in [2.75, 3.05) is 7.11 Å². The lowest BCUT2D eigenvalue weighted by atomic mass is 10.0. The molecule has 0 aliphatic rings. The Morgan fingerprint density at radius 1 is 1.28 bits per heavy atom. The van der Waals surface area contributed by atoms with E-state index in [9.17, 15) is 9.18 Å². The van der Waals surface area contributed by atoms with Crippen molar-refractivity contribution < 1.29 is 13.9 Å². The summed E-state index contributed by atoms with van der Waals surface area (Å²) in [7, 11) is 1.52. The summed E-state index contributed by atoms with van der Waals surface area (Å²) < 4.78 is 18.8. The minimum Gasteiger partial charge on any atom is -0.495 e. The monoisotopic (exact) mass is 245 g/mol. The number of rotatable bonds is 3. The van der Waals surface area contributed by atoms with Crippen LogP contribution in [0.25, 0.3) is 11.1 Å². The largest absolute Gasteiger partial charge is 0.495 e. The van der Waals surface area contributed by atoms with Gasteiger partial charge in [-0.2, -0.15) is 0 Å². The van der Waals surface area contributed by atoms with Crippen molar-refractivity contribution in [1.29, 1.82) is 0 Å². The Morgan fingerprint density at radius 2 is 2.06 bits per heavy atom. The van der Waals surface area contributed by atoms with Gasteiger partial charge >= 0.3 is 0 Å². The van der Waals surface area contributed by atoms with Gasteiger partial charge in [0.15, 0.2) is 5.78 Å². The molecule has 1 heterocycles. The summed E-state index contributed by atoms with van der Waals surface area (Å²) in [5.74, 6) is 0.0438. The van der Waals surface area contributed by atoms with Crippen molar-refractivity contribution in [3.63, 3.8) is 0 Å². The average molecular weight is 245 g/mol. The number of ketones is 1. The maximum atomic E-state index is 13.8. The van der Waals surface area contributed by atoms with E-state index in [1.807, 2.05) is 0 Å². The average Bonchev–Trinajstić information content (AvgIpc) is 2.39. The number of nitrogens with zero attached hydrogens (tertiary/aromatic N) is 1. The third-order valence-corrected chi connectivity index (χ3v) is 2.63. The third-order valence-electron chi connectivity index (χ3n) is 2.63. The summed E-state index contributed by atoms with van der Waals surface area (Å²) in [6, 6.07) is 5.95. The van der Waals surface area contributed by atoms with Crippen LogP contribution >= 0.6 is 0 Å². The number of hydrogen-bond acceptors (Lipinski definition) is 3. The fourth-order valence-electron chi connectivity index (χ4n) is 1.64. The summed E-state index contributed by atoms with van der Waals surface area (Å²) in [5, 5.41) is 0. The highest BCUT2D eigenvalue weighted by Gasteiger charge is 2.09. The zero-order chi connectivity index (χ0) is 13.1. The summed E-state index contributed by atoms with van der Waals surface area (Å²) in [5.41, 5.74) is 1.39. The van der Waals surface area contributed by atoms with E-state index >= 15 is 0 Å². The molecular weight excluding hydrogens is 233 g/mol. The van der Waals surface area contributed by atoms with Gasteiger partial charge in [-0.3, -0.25) is 9.78 Å². The number of benzene rings is 1. The fraction of sp³-hybridized carbons (Fsp3) is 0.143. The molecule has 1 aromatic carbocycles. The number of carbonyl (C=O) groups excluding carboxylic acids is 1. The lowest BCUT2D eigenvalue weighted by molar-refractivity contribution is 0.101. The molecular formula is C14H12FNO2. The van der Waals surface area contributed by atoms with Crippen molar-refractivity contribution in [2.45, 2.75) is 6.92 Å². The van der Waals surface area contributed by atoms with Crippen LogP contribution in [-0.4, -0.2) is 17.9 Å². The van der Waals surface area contributed by atoms with Gasteiger partial charge in [0, 0.05) is 22.9 Å². The van der Waals surface area contributed by atoms with Gasteiger partial charge in [-0.1, -0.05) is 0 Å². The first kappa shape index (κ1) is 12.2. The molecule has 0 saturated carbocycles. The molecule has 1 aromatic heterocycles. The van der Waals surface area contributed by atoms with E-state index in [0.29, 0.717) is 22.4 Å². The van der Waals surface area contributed by atoms with Crippen LogP contribution in [-0.2, 0) is 0 Å². The van der Waals surface area contributed by atoms with E-state index < -0.39 is 5.82 Å². The molecule has 0 aliphatic heterocycles. The Labute approximate surface area is 104 Å². The van der Waals surface area contributed by atoms with E-state index in [4.69, 9.17) is 4.74 Å². The number of Topliss-reactive ketones (excluding diaryl/α,β-unsaturated/α-hetero) is 1. The van der Waals surface area contributed by atoms with Crippen molar-refractivity contribution in [3.8, 4) is 16.9 Å². The second-order valence-electron chi connectivity index (χ2n) is 3.86. The van der Waals surface area contributed by atoms with Crippen LogP contribution in [0.15, 0.2) is 36.7 Å². The number of aromatic nitrogens is 1. The highest BCUT2D eigenvalue weighted by molar-refractivity contribution is 5.95. The standard InChI is InChI=1S/C14H12FNO2/c1-9(17)10-3-4-14(15)13(6-10)11-5-12(18-2)8-16-7-11/h3-8H,1-2H3. The van der Waals surface area contributed by atoms with Gasteiger partial charge in [0.05, 0.1) is 13.3 Å². The Hall–Kier alpha value is -2.23. The summed E-state index contributed by atoms with van der Waals surface area (Å²) in [6.07, 6.45) is 3.07. The molecule has 18 heavy (non-hydrogen) atoms. The van der Waals surface area contributed by atoms with Gasteiger partial charge in [-0.25, -0.2) is 4.39 Å². The third kappa shape index (κ3) is 2.37. The molecule has 0 saturated heterocycles. The Morgan fingerprint density at radius 3 is 2.72 bits per heavy atom. The topological polar surface area (TPSA) is 39.2 Å². The maximum Gasteiger partial charge on any atom is 0.159 e. The zero-order valence-corrected chi connectivity index (χ0v) is 10.1. The van der Waals surface area contributed by atoms with Crippen molar-refractivity contribution >= 4 is 5.78 Å². The van der Waals surface area contributed by atoms with Crippen LogP contribution in [0.4, 0.5) is 4.39 Å². The van der Waals surface area contributed by atoms with Crippen molar-refractivity contribution in [2.24, 2.45) is 0 Å². The molecule has 0 bridgehead atoms. The van der Waals surface area contributed by atoms with Gasteiger partial charge in [-0.15, -0.1) is 0 Å². The smallest absolute Gasteiger partial charge is 0.159 e. The van der Waals surface area contributed by atoms with Gasteiger partial charge in [0.1, 0.15) is 11.6 Å². The van der Waals surface area contributed by atoms with Gasteiger partial charge < -0.3 is 4.74 Å². The van der Waals surface area contributed by atoms with Crippen LogP contribution in [0.3, 0.4) is 0 Å². The minimum absolute atomic E-state index is 0.105. The molecule has 3 nitrogen and oxygen atoms in total. The van der Waals surface area contributed by atoms with E-state index in [1.54, 1.807) is 6.07 Å². The number of ether oxygens (including phenoxy) is 1. The van der Waals surface area contributed by atoms with E-state index in [2.05, 4.69) is 4.98 Å². The molecule has 0 unspecified atom stereocenters. The Balaban J connectivity index is 2.54. The molecule has 2 rings (SSSR count). The van der Waals surface area contributed by atoms with Crippen LogP contribution in [0.5, 0.6) is 5.75 Å².